The third kappa shape index (κ3) is 8.01. The van der Waals surface area contributed by atoms with Crippen LogP contribution in [-0.4, -0.2) is 58.6 Å². The number of anilines is 1. The fourth-order valence-corrected chi connectivity index (χ4v) is 10.1. The standard InChI is InChI=1S/C40H47ClN4O6S/c1-26-7-5-10-36(50-2)34-16-13-30(34)23-44-22-29-12-15-32(41)19-27(29)8-3-4-18-51-37-17-14-28(21-35(37)44)39(47)42-52(49,25-26)43-40(48)31-20-33-9-6-11-38(46)45(33)24-31/h5,10,12,14-15,17,19-21,24,26,30,34,36H,3-4,6-9,11,13,16,18,22-23,25H2,1-2H3,(H,42,43,47,48,49)/b10-5+/t26-,30-,34+,36-,52-/m0/s1. The SMILES string of the molecule is CO[C@H]1/C=C/C[C@H](C)C[S@@](=O)(NC(=O)c2cc3n(c2)C(=O)CCC3)=NC(=O)c2ccc3c(c2)N(Cc2ccc(Cl)cc2CCCCO3)C[C@@H]2CC[C@H]21. The number of carbonyl (C=O) groups is 3. The second-order valence-electron chi connectivity index (χ2n) is 14.7. The van der Waals surface area contributed by atoms with Gasteiger partial charge in [0.15, 0.2) is 0 Å². The number of carbonyl (C=O) groups excluding carboxylic acids is 3. The van der Waals surface area contributed by atoms with Crippen molar-refractivity contribution in [1.82, 2.24) is 9.29 Å². The Labute approximate surface area is 311 Å². The Balaban J connectivity index is 1.30. The molecule has 7 rings (SSSR count). The lowest BCUT2D eigenvalue weighted by atomic mass is 9.70. The maximum Gasteiger partial charge on any atom is 0.286 e. The summed E-state index contributed by atoms with van der Waals surface area (Å²) < 4.78 is 35.5. The van der Waals surface area contributed by atoms with Crippen LogP contribution in [0.1, 0.15) is 94.2 Å². The first-order valence-electron chi connectivity index (χ1n) is 18.4. The van der Waals surface area contributed by atoms with Crippen molar-refractivity contribution in [3.63, 3.8) is 0 Å². The fraction of sp³-hybridized carbons (Fsp3) is 0.475. The van der Waals surface area contributed by atoms with E-state index >= 15 is 0 Å². The van der Waals surface area contributed by atoms with Gasteiger partial charge in [-0.3, -0.25) is 23.7 Å². The van der Waals surface area contributed by atoms with Gasteiger partial charge in [0.2, 0.25) is 5.91 Å². The van der Waals surface area contributed by atoms with E-state index in [9.17, 15) is 18.6 Å². The molecule has 276 valence electrons. The zero-order chi connectivity index (χ0) is 36.4. The van der Waals surface area contributed by atoms with Gasteiger partial charge in [0.1, 0.15) is 15.7 Å². The lowest BCUT2D eigenvalue weighted by molar-refractivity contribution is 0.0133. The van der Waals surface area contributed by atoms with Crippen LogP contribution < -0.4 is 14.4 Å². The summed E-state index contributed by atoms with van der Waals surface area (Å²) >= 11 is 6.47. The van der Waals surface area contributed by atoms with Gasteiger partial charge in [-0.1, -0.05) is 36.7 Å². The number of methoxy groups -OCH3 is 1. The molecule has 1 aliphatic carbocycles. The number of allylic oxidation sites excluding steroid dienone is 1. The molecule has 4 aliphatic rings. The van der Waals surface area contributed by atoms with E-state index in [4.69, 9.17) is 21.1 Å². The van der Waals surface area contributed by atoms with E-state index < -0.39 is 21.7 Å². The second-order valence-corrected chi connectivity index (χ2v) is 17.2. The minimum atomic E-state index is -3.60. The summed E-state index contributed by atoms with van der Waals surface area (Å²) in [5.74, 6) is -0.295. The summed E-state index contributed by atoms with van der Waals surface area (Å²) in [6.07, 6.45) is 12.7. The summed E-state index contributed by atoms with van der Waals surface area (Å²) in [4.78, 5) is 42.4. The van der Waals surface area contributed by atoms with Crippen molar-refractivity contribution in [3.8, 4) is 5.75 Å². The normalized spacial score (nSPS) is 27.3. The molecular weight excluding hydrogens is 700 g/mol. The third-order valence-electron chi connectivity index (χ3n) is 10.9. The quantitative estimate of drug-likeness (QED) is 0.277. The first-order valence-corrected chi connectivity index (χ1v) is 20.5. The Morgan fingerprint density at radius 3 is 2.69 bits per heavy atom. The van der Waals surface area contributed by atoms with Crippen LogP contribution in [0.25, 0.3) is 0 Å². The number of aryl methyl sites for hydroxylation is 2. The van der Waals surface area contributed by atoms with Gasteiger partial charge in [-0.25, -0.2) is 4.21 Å². The van der Waals surface area contributed by atoms with Crippen LogP contribution in [0.5, 0.6) is 5.75 Å². The van der Waals surface area contributed by atoms with Crippen molar-refractivity contribution >= 4 is 44.9 Å². The molecule has 1 aromatic heterocycles. The number of rotatable bonds is 3. The molecule has 2 bridgehead atoms. The maximum absolute atomic E-state index is 14.6. The van der Waals surface area contributed by atoms with Crippen LogP contribution in [0.3, 0.4) is 0 Å². The third-order valence-corrected chi connectivity index (χ3v) is 13.1. The molecule has 1 fully saturated rings. The highest BCUT2D eigenvalue weighted by atomic mass is 35.5. The smallest absolute Gasteiger partial charge is 0.286 e. The van der Waals surface area contributed by atoms with Crippen LogP contribution in [0.4, 0.5) is 5.69 Å². The molecule has 0 saturated heterocycles. The number of nitrogens with one attached hydrogen (secondary N) is 1. The minimum absolute atomic E-state index is 0.0372. The monoisotopic (exact) mass is 746 g/mol. The number of hydrogen-bond donors (Lipinski definition) is 1. The molecule has 52 heavy (non-hydrogen) atoms. The van der Waals surface area contributed by atoms with Crippen LogP contribution in [0, 0.1) is 17.8 Å². The van der Waals surface area contributed by atoms with Crippen molar-refractivity contribution in [1.29, 1.82) is 0 Å². The molecular formula is C40H47ClN4O6S. The number of amides is 2. The average molecular weight is 747 g/mol. The Morgan fingerprint density at radius 2 is 1.90 bits per heavy atom. The number of hydrogen-bond acceptors (Lipinski definition) is 7. The molecule has 0 spiro atoms. The van der Waals surface area contributed by atoms with Crippen molar-refractivity contribution in [2.45, 2.75) is 77.4 Å². The second kappa shape index (κ2) is 15.6. The molecule has 5 atom stereocenters. The Bertz CT molecular complexity index is 2020. The Kier molecular flexibility index (Phi) is 10.9. The topological polar surface area (TPSA) is 119 Å². The molecule has 10 nitrogen and oxygen atoms in total. The van der Waals surface area contributed by atoms with Gasteiger partial charge in [-0.05, 0) is 117 Å². The molecule has 3 aromatic rings. The van der Waals surface area contributed by atoms with Crippen LogP contribution >= 0.6 is 11.6 Å². The number of aromatic nitrogens is 1. The lowest BCUT2D eigenvalue weighted by Gasteiger charge is -2.43. The van der Waals surface area contributed by atoms with Crippen molar-refractivity contribution in [3.05, 3.63) is 93.8 Å². The van der Waals surface area contributed by atoms with E-state index in [1.807, 2.05) is 13.0 Å². The van der Waals surface area contributed by atoms with E-state index in [1.165, 1.54) is 21.9 Å². The van der Waals surface area contributed by atoms with Crippen LogP contribution in [0.2, 0.25) is 5.02 Å². The predicted octanol–water partition coefficient (Wildman–Crippen LogP) is 7.43. The first-order chi connectivity index (χ1) is 25.1. The van der Waals surface area contributed by atoms with Gasteiger partial charge >= 0.3 is 0 Å². The van der Waals surface area contributed by atoms with Crippen LogP contribution in [-0.2, 0) is 34.0 Å². The summed E-state index contributed by atoms with van der Waals surface area (Å²) in [7, 11) is -1.86. The van der Waals surface area contributed by atoms with E-state index in [0.717, 1.165) is 50.0 Å². The van der Waals surface area contributed by atoms with Crippen molar-refractivity contribution in [2.75, 3.05) is 30.9 Å². The Hall–Kier alpha value is -3.93. The first kappa shape index (κ1) is 36.4. The highest BCUT2D eigenvalue weighted by Gasteiger charge is 2.38. The maximum atomic E-state index is 14.6. The molecule has 2 amide bonds. The summed E-state index contributed by atoms with van der Waals surface area (Å²) in [5.41, 5.74) is 4.34. The molecule has 2 aromatic carbocycles. The van der Waals surface area contributed by atoms with E-state index in [2.05, 4.69) is 38.3 Å². The molecule has 0 radical (unpaired) electrons. The minimum Gasteiger partial charge on any atom is -0.491 e. The molecule has 12 heteroatoms. The number of nitrogens with zero attached hydrogens (tertiary/aromatic N) is 3. The van der Waals surface area contributed by atoms with E-state index in [1.54, 1.807) is 31.4 Å². The number of halogens is 1. The van der Waals surface area contributed by atoms with Crippen LogP contribution in [0.15, 0.2) is 65.2 Å². The van der Waals surface area contributed by atoms with Gasteiger partial charge in [-0.2, -0.15) is 0 Å². The van der Waals surface area contributed by atoms with Crippen molar-refractivity contribution < 1.29 is 28.1 Å². The van der Waals surface area contributed by atoms with Gasteiger partial charge in [-0.15, -0.1) is 4.36 Å². The summed E-state index contributed by atoms with van der Waals surface area (Å²) in [6.45, 7) is 3.76. The van der Waals surface area contributed by atoms with E-state index in [0.29, 0.717) is 61.4 Å². The number of fused-ring (bicyclic) bond motifs is 4. The Morgan fingerprint density at radius 1 is 1.04 bits per heavy atom. The lowest BCUT2D eigenvalue weighted by Crippen LogP contribution is -2.43. The summed E-state index contributed by atoms with van der Waals surface area (Å²) in [5, 5.41) is 0.705. The fourth-order valence-electron chi connectivity index (χ4n) is 7.98. The summed E-state index contributed by atoms with van der Waals surface area (Å²) in [6, 6.07) is 13.0. The van der Waals surface area contributed by atoms with E-state index in [-0.39, 0.29) is 34.8 Å². The molecule has 1 saturated carbocycles. The molecule has 1 N–H and O–H groups in total. The van der Waals surface area contributed by atoms with Gasteiger partial charge in [0.25, 0.3) is 11.8 Å². The van der Waals surface area contributed by atoms with Crippen molar-refractivity contribution in [2.24, 2.45) is 22.1 Å². The highest BCUT2D eigenvalue weighted by molar-refractivity contribution is 7.92. The predicted molar refractivity (Wildman–Crippen MR) is 203 cm³/mol. The van der Waals surface area contributed by atoms with Gasteiger partial charge in [0.05, 0.1) is 29.7 Å². The molecule has 0 unspecified atom stereocenters. The van der Waals surface area contributed by atoms with Gasteiger partial charge in [0, 0.05) is 49.1 Å². The van der Waals surface area contributed by atoms with Gasteiger partial charge < -0.3 is 14.4 Å². The average Bonchev–Trinajstić information content (AvgIpc) is 3.54. The largest absolute Gasteiger partial charge is 0.491 e. The molecule has 4 heterocycles. The number of benzene rings is 2. The zero-order valence-corrected chi connectivity index (χ0v) is 31.4. The molecule has 3 aliphatic heterocycles. The zero-order valence-electron chi connectivity index (χ0n) is 29.9. The highest BCUT2D eigenvalue weighted by Crippen LogP contribution is 2.42. The number of ether oxygens (including phenoxy) is 2.